The van der Waals surface area contributed by atoms with E-state index >= 15 is 0 Å². The number of ether oxygens (including phenoxy) is 1. The SMILES string of the molecule is CC(C)OCCC(N)(C#N)c1ccccc1. The molecular formula is C13H18N2O. The van der Waals surface area contributed by atoms with Crippen molar-refractivity contribution >= 4 is 0 Å². The number of nitrogens with two attached hydrogens (primary N) is 1. The lowest BCUT2D eigenvalue weighted by Gasteiger charge is -2.22. The molecule has 3 heteroatoms. The van der Waals surface area contributed by atoms with Crippen LogP contribution in [0.4, 0.5) is 0 Å². The number of nitrogens with zero attached hydrogens (tertiary/aromatic N) is 1. The van der Waals surface area contributed by atoms with Crippen LogP contribution < -0.4 is 5.73 Å². The number of rotatable bonds is 5. The van der Waals surface area contributed by atoms with Gasteiger partial charge in [0.1, 0.15) is 5.54 Å². The predicted molar refractivity (Wildman–Crippen MR) is 63.6 cm³/mol. The van der Waals surface area contributed by atoms with Crippen LogP contribution in [0, 0.1) is 11.3 Å². The highest BCUT2D eigenvalue weighted by Crippen LogP contribution is 2.21. The van der Waals surface area contributed by atoms with Gasteiger partial charge >= 0.3 is 0 Å². The lowest BCUT2D eigenvalue weighted by molar-refractivity contribution is 0.0691. The second kappa shape index (κ2) is 5.64. The lowest BCUT2D eigenvalue weighted by atomic mass is 9.89. The summed E-state index contributed by atoms with van der Waals surface area (Å²) in [4.78, 5) is 0. The van der Waals surface area contributed by atoms with Gasteiger partial charge in [-0.05, 0) is 19.4 Å². The molecule has 2 N–H and O–H groups in total. The molecule has 0 bridgehead atoms. The van der Waals surface area contributed by atoms with E-state index in [1.807, 2.05) is 44.2 Å². The summed E-state index contributed by atoms with van der Waals surface area (Å²) in [5, 5.41) is 9.17. The molecule has 1 atom stereocenters. The van der Waals surface area contributed by atoms with Gasteiger partial charge in [0.05, 0.1) is 18.8 Å². The summed E-state index contributed by atoms with van der Waals surface area (Å²) in [6, 6.07) is 11.6. The molecule has 0 saturated heterocycles. The molecule has 3 nitrogen and oxygen atoms in total. The predicted octanol–water partition coefficient (Wildman–Crippen LogP) is 2.18. The van der Waals surface area contributed by atoms with Crippen molar-refractivity contribution in [3.63, 3.8) is 0 Å². The van der Waals surface area contributed by atoms with Crippen molar-refractivity contribution in [3.8, 4) is 6.07 Å². The summed E-state index contributed by atoms with van der Waals surface area (Å²) in [7, 11) is 0. The highest BCUT2D eigenvalue weighted by atomic mass is 16.5. The number of benzene rings is 1. The molecule has 0 amide bonds. The second-order valence-electron chi connectivity index (χ2n) is 4.12. The van der Waals surface area contributed by atoms with Crippen LogP contribution in [0.15, 0.2) is 30.3 Å². The first-order valence-corrected chi connectivity index (χ1v) is 5.46. The van der Waals surface area contributed by atoms with E-state index in [9.17, 15) is 5.26 Å². The van der Waals surface area contributed by atoms with Gasteiger partial charge < -0.3 is 10.5 Å². The fourth-order valence-electron chi connectivity index (χ4n) is 1.46. The van der Waals surface area contributed by atoms with E-state index in [2.05, 4.69) is 6.07 Å². The van der Waals surface area contributed by atoms with Crippen LogP contribution in [0.25, 0.3) is 0 Å². The molecule has 1 rings (SSSR count). The first-order valence-electron chi connectivity index (χ1n) is 5.46. The molecule has 86 valence electrons. The minimum absolute atomic E-state index is 0.165. The zero-order valence-electron chi connectivity index (χ0n) is 9.81. The van der Waals surface area contributed by atoms with Gasteiger partial charge in [0.2, 0.25) is 0 Å². The van der Waals surface area contributed by atoms with Crippen LogP contribution in [0.3, 0.4) is 0 Å². The van der Waals surface area contributed by atoms with E-state index in [0.29, 0.717) is 13.0 Å². The van der Waals surface area contributed by atoms with E-state index in [1.165, 1.54) is 0 Å². The van der Waals surface area contributed by atoms with Crippen LogP contribution in [0.5, 0.6) is 0 Å². The average Bonchev–Trinajstić information content (AvgIpc) is 2.29. The molecular weight excluding hydrogens is 200 g/mol. The Labute approximate surface area is 96.8 Å². The van der Waals surface area contributed by atoms with Crippen molar-refractivity contribution < 1.29 is 4.74 Å². The maximum atomic E-state index is 9.17. The molecule has 0 fully saturated rings. The van der Waals surface area contributed by atoms with Gasteiger partial charge in [-0.15, -0.1) is 0 Å². The standard InChI is InChI=1S/C13H18N2O/c1-11(2)16-9-8-13(15,10-14)12-6-4-3-5-7-12/h3-7,11H,8-9,15H2,1-2H3. The Morgan fingerprint density at radius 2 is 2.00 bits per heavy atom. The molecule has 1 aromatic carbocycles. The zero-order chi connectivity index (χ0) is 12.0. The van der Waals surface area contributed by atoms with Gasteiger partial charge in [0.15, 0.2) is 0 Å². The van der Waals surface area contributed by atoms with Gasteiger partial charge in [-0.1, -0.05) is 30.3 Å². The van der Waals surface area contributed by atoms with Gasteiger partial charge in [0.25, 0.3) is 0 Å². The van der Waals surface area contributed by atoms with Crippen LogP contribution in [0.2, 0.25) is 0 Å². The summed E-state index contributed by atoms with van der Waals surface area (Å²) < 4.78 is 5.43. The highest BCUT2D eigenvalue weighted by Gasteiger charge is 2.26. The minimum atomic E-state index is -0.948. The molecule has 0 radical (unpaired) electrons. The largest absolute Gasteiger partial charge is 0.379 e. The fraction of sp³-hybridized carbons (Fsp3) is 0.462. The monoisotopic (exact) mass is 218 g/mol. The number of hydrogen-bond acceptors (Lipinski definition) is 3. The third kappa shape index (κ3) is 3.34. The molecule has 0 heterocycles. The molecule has 0 aliphatic heterocycles. The maximum absolute atomic E-state index is 9.17. The minimum Gasteiger partial charge on any atom is -0.379 e. The third-order valence-corrected chi connectivity index (χ3v) is 2.44. The lowest BCUT2D eigenvalue weighted by Crippen LogP contribution is -2.36. The first kappa shape index (κ1) is 12.7. The maximum Gasteiger partial charge on any atom is 0.132 e. The van der Waals surface area contributed by atoms with E-state index < -0.39 is 5.54 Å². The summed E-state index contributed by atoms with van der Waals surface area (Å²) in [5.74, 6) is 0. The summed E-state index contributed by atoms with van der Waals surface area (Å²) in [6.45, 7) is 4.43. The molecule has 1 unspecified atom stereocenters. The second-order valence-corrected chi connectivity index (χ2v) is 4.12. The van der Waals surface area contributed by atoms with E-state index in [4.69, 9.17) is 10.5 Å². The van der Waals surface area contributed by atoms with Crippen molar-refractivity contribution in [1.29, 1.82) is 5.26 Å². The van der Waals surface area contributed by atoms with Gasteiger partial charge in [-0.3, -0.25) is 0 Å². The molecule has 16 heavy (non-hydrogen) atoms. The van der Waals surface area contributed by atoms with E-state index in [-0.39, 0.29) is 6.10 Å². The first-order chi connectivity index (χ1) is 7.58. The molecule has 0 aromatic heterocycles. The smallest absolute Gasteiger partial charge is 0.132 e. The fourth-order valence-corrected chi connectivity index (χ4v) is 1.46. The summed E-state index contributed by atoms with van der Waals surface area (Å²) >= 11 is 0. The molecule has 0 saturated carbocycles. The van der Waals surface area contributed by atoms with Crippen LogP contribution in [-0.4, -0.2) is 12.7 Å². The van der Waals surface area contributed by atoms with E-state index in [1.54, 1.807) is 0 Å². The topological polar surface area (TPSA) is 59.0 Å². The van der Waals surface area contributed by atoms with Crippen LogP contribution >= 0.6 is 0 Å². The van der Waals surface area contributed by atoms with Crippen molar-refractivity contribution in [2.45, 2.75) is 31.9 Å². The number of nitriles is 1. The molecule has 1 aromatic rings. The zero-order valence-corrected chi connectivity index (χ0v) is 9.81. The Morgan fingerprint density at radius 3 is 2.50 bits per heavy atom. The summed E-state index contributed by atoms with van der Waals surface area (Å²) in [6.07, 6.45) is 0.671. The Balaban J connectivity index is 2.68. The van der Waals surface area contributed by atoms with E-state index in [0.717, 1.165) is 5.56 Å². The molecule has 0 aliphatic carbocycles. The Hall–Kier alpha value is -1.37. The van der Waals surface area contributed by atoms with Crippen LogP contribution in [0.1, 0.15) is 25.8 Å². The normalized spacial score (nSPS) is 14.4. The highest BCUT2D eigenvalue weighted by molar-refractivity contribution is 5.30. The van der Waals surface area contributed by atoms with Gasteiger partial charge in [-0.25, -0.2) is 0 Å². The molecule has 0 aliphatic rings. The quantitative estimate of drug-likeness (QED) is 0.824. The Bertz CT molecular complexity index is 356. The van der Waals surface area contributed by atoms with Crippen molar-refractivity contribution in [1.82, 2.24) is 0 Å². The molecule has 0 spiro atoms. The van der Waals surface area contributed by atoms with Crippen LogP contribution in [-0.2, 0) is 10.3 Å². The number of hydrogen-bond donors (Lipinski definition) is 1. The van der Waals surface area contributed by atoms with Gasteiger partial charge in [-0.2, -0.15) is 5.26 Å². The van der Waals surface area contributed by atoms with Crippen molar-refractivity contribution in [3.05, 3.63) is 35.9 Å². The third-order valence-electron chi connectivity index (χ3n) is 2.44. The van der Waals surface area contributed by atoms with Crippen molar-refractivity contribution in [2.24, 2.45) is 5.73 Å². The Kier molecular flexibility index (Phi) is 4.48. The van der Waals surface area contributed by atoms with Crippen molar-refractivity contribution in [2.75, 3.05) is 6.61 Å². The van der Waals surface area contributed by atoms with Gasteiger partial charge in [0, 0.05) is 6.42 Å². The Morgan fingerprint density at radius 1 is 1.38 bits per heavy atom. The average molecular weight is 218 g/mol. The summed E-state index contributed by atoms with van der Waals surface area (Å²) in [5.41, 5.74) is 5.95.